The molecule has 0 spiro atoms. The first-order valence-corrected chi connectivity index (χ1v) is 8.93. The molecule has 0 N–H and O–H groups in total. The van der Waals surface area contributed by atoms with Gasteiger partial charge in [0.2, 0.25) is 10.0 Å². The fraction of sp³-hybridized carbons (Fsp3) is 0.143. The van der Waals surface area contributed by atoms with Gasteiger partial charge >= 0.3 is 0 Å². The number of aromatic nitrogens is 2. The second kappa shape index (κ2) is 5.42. The highest BCUT2D eigenvalue weighted by molar-refractivity contribution is 7.88. The molecule has 0 saturated carbocycles. The number of sulfonamides is 1. The molecule has 1 aliphatic heterocycles. The van der Waals surface area contributed by atoms with Crippen LogP contribution in [0.1, 0.15) is 4.88 Å². The van der Waals surface area contributed by atoms with Gasteiger partial charge in [-0.2, -0.15) is 0 Å². The van der Waals surface area contributed by atoms with Crippen molar-refractivity contribution in [2.45, 2.75) is 0 Å². The summed E-state index contributed by atoms with van der Waals surface area (Å²) in [5.41, 5.74) is 1.58. The number of rotatable bonds is 3. The average Bonchev–Trinajstić information content (AvgIpc) is 2.97. The molecule has 0 bridgehead atoms. The smallest absolute Gasteiger partial charge is 0.232 e. The molecule has 2 aromatic heterocycles. The molecule has 5 nitrogen and oxygen atoms in total. The summed E-state index contributed by atoms with van der Waals surface area (Å²) in [7, 11) is -3.30. The number of allylic oxidation sites excluding steroid dienone is 2. The fourth-order valence-corrected chi connectivity index (χ4v) is 3.90. The lowest BCUT2D eigenvalue weighted by atomic mass is 10.2. The highest BCUT2D eigenvalue weighted by Crippen LogP contribution is 2.32. The van der Waals surface area contributed by atoms with Crippen LogP contribution >= 0.6 is 11.3 Å². The lowest BCUT2D eigenvalue weighted by molar-refractivity contribution is 0.537. The summed E-state index contributed by atoms with van der Waals surface area (Å²) in [6.07, 6.45) is 11.8. The minimum atomic E-state index is -3.30. The van der Waals surface area contributed by atoms with Gasteiger partial charge in [-0.15, -0.1) is 11.3 Å². The minimum Gasteiger partial charge on any atom is -0.265 e. The first-order valence-electron chi connectivity index (χ1n) is 6.27. The van der Waals surface area contributed by atoms with Crippen LogP contribution in [0.25, 0.3) is 16.3 Å². The van der Waals surface area contributed by atoms with Crippen LogP contribution in [-0.4, -0.2) is 35.5 Å². The molecule has 0 amide bonds. The van der Waals surface area contributed by atoms with Crippen molar-refractivity contribution in [1.82, 2.24) is 14.3 Å². The predicted molar refractivity (Wildman–Crippen MR) is 84.0 cm³/mol. The lowest BCUT2D eigenvalue weighted by Gasteiger charge is -2.24. The van der Waals surface area contributed by atoms with Gasteiger partial charge in [-0.25, -0.2) is 13.4 Å². The van der Waals surface area contributed by atoms with Crippen LogP contribution in [-0.2, 0) is 10.0 Å². The number of thiazole rings is 1. The molecular formula is C14H13N3O2S2. The summed E-state index contributed by atoms with van der Waals surface area (Å²) >= 11 is 1.45. The first-order chi connectivity index (χ1) is 10.1. The van der Waals surface area contributed by atoms with Gasteiger partial charge in [0, 0.05) is 24.2 Å². The van der Waals surface area contributed by atoms with Gasteiger partial charge in [0.25, 0.3) is 0 Å². The van der Waals surface area contributed by atoms with Gasteiger partial charge in [-0.3, -0.25) is 9.29 Å². The Morgan fingerprint density at radius 2 is 2.19 bits per heavy atom. The molecule has 3 heterocycles. The molecule has 108 valence electrons. The van der Waals surface area contributed by atoms with Crippen molar-refractivity contribution in [3.8, 4) is 10.6 Å². The van der Waals surface area contributed by atoms with Crippen LogP contribution in [0.3, 0.4) is 0 Å². The quantitative estimate of drug-likeness (QED) is 0.871. The molecule has 1 aliphatic rings. The maximum Gasteiger partial charge on any atom is 0.232 e. The van der Waals surface area contributed by atoms with Crippen LogP contribution in [0, 0.1) is 0 Å². The molecule has 0 fully saturated rings. The molecule has 2 aromatic rings. The fourth-order valence-electron chi connectivity index (χ4n) is 2.03. The van der Waals surface area contributed by atoms with Crippen LogP contribution in [0.15, 0.2) is 49.0 Å². The number of nitrogens with zero attached hydrogens (tertiary/aromatic N) is 3. The number of pyridine rings is 1. The molecular weight excluding hydrogens is 306 g/mol. The van der Waals surface area contributed by atoms with Crippen molar-refractivity contribution in [2.75, 3.05) is 12.8 Å². The number of hydrogen-bond acceptors (Lipinski definition) is 5. The van der Waals surface area contributed by atoms with Gasteiger partial charge in [0.1, 0.15) is 5.01 Å². The van der Waals surface area contributed by atoms with Gasteiger partial charge in [-0.05, 0) is 18.2 Å². The highest BCUT2D eigenvalue weighted by atomic mass is 32.2. The Morgan fingerprint density at radius 3 is 2.90 bits per heavy atom. The van der Waals surface area contributed by atoms with E-state index in [1.165, 1.54) is 21.9 Å². The normalized spacial score (nSPS) is 15.1. The Morgan fingerprint density at radius 1 is 1.33 bits per heavy atom. The van der Waals surface area contributed by atoms with Crippen LogP contribution < -0.4 is 0 Å². The summed E-state index contributed by atoms with van der Waals surface area (Å²) in [5.74, 6) is 0. The molecule has 0 saturated heterocycles. The average molecular weight is 319 g/mol. The van der Waals surface area contributed by atoms with Gasteiger partial charge in [-0.1, -0.05) is 12.2 Å². The van der Waals surface area contributed by atoms with Crippen molar-refractivity contribution >= 4 is 27.1 Å². The summed E-state index contributed by atoms with van der Waals surface area (Å²) < 4.78 is 25.1. The van der Waals surface area contributed by atoms with E-state index in [-0.39, 0.29) is 0 Å². The monoisotopic (exact) mass is 319 g/mol. The van der Waals surface area contributed by atoms with E-state index in [1.54, 1.807) is 24.7 Å². The van der Waals surface area contributed by atoms with Crippen molar-refractivity contribution in [1.29, 1.82) is 0 Å². The Bertz CT molecular complexity index is 808. The van der Waals surface area contributed by atoms with Crippen molar-refractivity contribution in [3.63, 3.8) is 0 Å². The highest BCUT2D eigenvalue weighted by Gasteiger charge is 2.23. The Kier molecular flexibility index (Phi) is 3.60. The summed E-state index contributed by atoms with van der Waals surface area (Å²) in [6, 6.07) is 3.78. The zero-order chi connectivity index (χ0) is 14.9. The molecule has 7 heteroatoms. The standard InChI is InChI=1S/C14H13N3O2S2/c1-21(18,19)17-8-3-2-6-12(17)13-10-16-14(20-13)11-5-4-7-15-9-11/h2-7,9-10H,8H2,1H3. The molecule has 0 aromatic carbocycles. The summed E-state index contributed by atoms with van der Waals surface area (Å²) in [6.45, 7) is 0.352. The van der Waals surface area contributed by atoms with E-state index in [0.717, 1.165) is 15.4 Å². The lowest BCUT2D eigenvalue weighted by Crippen LogP contribution is -2.29. The van der Waals surface area contributed by atoms with Crippen LogP contribution in [0.4, 0.5) is 0 Å². The Balaban J connectivity index is 1.99. The molecule has 3 rings (SSSR count). The third-order valence-corrected chi connectivity index (χ3v) is 5.21. The van der Waals surface area contributed by atoms with E-state index in [9.17, 15) is 8.42 Å². The van der Waals surface area contributed by atoms with E-state index in [0.29, 0.717) is 12.2 Å². The third kappa shape index (κ3) is 2.88. The van der Waals surface area contributed by atoms with E-state index in [4.69, 9.17) is 0 Å². The van der Waals surface area contributed by atoms with Gasteiger partial charge in [0.05, 0.1) is 23.4 Å². The second-order valence-corrected chi connectivity index (χ2v) is 7.48. The van der Waals surface area contributed by atoms with E-state index in [2.05, 4.69) is 9.97 Å². The predicted octanol–water partition coefficient (Wildman–Crippen LogP) is 2.38. The zero-order valence-electron chi connectivity index (χ0n) is 11.3. The summed E-state index contributed by atoms with van der Waals surface area (Å²) in [5, 5.41) is 0.821. The third-order valence-electron chi connectivity index (χ3n) is 3.00. The Labute approximate surface area is 127 Å². The van der Waals surface area contributed by atoms with E-state index in [1.807, 2.05) is 24.3 Å². The SMILES string of the molecule is CS(=O)(=O)N1CC=CC=C1c1cnc(-c2cccnc2)s1. The second-order valence-electron chi connectivity index (χ2n) is 4.55. The number of hydrogen-bond donors (Lipinski definition) is 0. The zero-order valence-corrected chi connectivity index (χ0v) is 12.9. The topological polar surface area (TPSA) is 63.2 Å². The summed E-state index contributed by atoms with van der Waals surface area (Å²) in [4.78, 5) is 9.26. The van der Waals surface area contributed by atoms with Gasteiger partial charge < -0.3 is 0 Å². The van der Waals surface area contributed by atoms with Crippen LogP contribution in [0.2, 0.25) is 0 Å². The van der Waals surface area contributed by atoms with E-state index >= 15 is 0 Å². The molecule has 0 atom stereocenters. The molecule has 0 aliphatic carbocycles. The maximum atomic E-state index is 11.9. The van der Waals surface area contributed by atoms with Crippen molar-refractivity contribution < 1.29 is 8.42 Å². The Hall–Kier alpha value is -1.99. The van der Waals surface area contributed by atoms with E-state index < -0.39 is 10.0 Å². The first kappa shape index (κ1) is 14.0. The van der Waals surface area contributed by atoms with Crippen molar-refractivity contribution in [2.24, 2.45) is 0 Å². The molecule has 0 unspecified atom stereocenters. The van der Waals surface area contributed by atoms with Gasteiger partial charge in [0.15, 0.2) is 0 Å². The molecule has 0 radical (unpaired) electrons. The minimum absolute atomic E-state index is 0.352. The van der Waals surface area contributed by atoms with Crippen molar-refractivity contribution in [3.05, 3.63) is 53.8 Å². The molecule has 21 heavy (non-hydrogen) atoms. The largest absolute Gasteiger partial charge is 0.265 e. The van der Waals surface area contributed by atoms with Crippen LogP contribution in [0.5, 0.6) is 0 Å². The maximum absolute atomic E-state index is 11.9.